The van der Waals surface area contributed by atoms with Crippen LogP contribution in [0.5, 0.6) is 6.01 Å². The fraction of sp³-hybridized carbons (Fsp3) is 0.382. The lowest BCUT2D eigenvalue weighted by molar-refractivity contribution is -0.129. The number of pyridine rings is 1. The standard InChI is InChI=1S/C34H34ClF3N10O2/c1-20-13-25-22(16-40-44-25)26(27(20)35)30-28(38)29-23(15-39-30)31(43-33(42-29)50-19-34-5-4-7-47(34)17-21(36)14-34)45-9-11-46(12-10-45)32(49)24(37)18-48-8-3-2-6-41-48/h2-3,6,8,13,15-16,18,21,41H,4-5,7,9-12,14,17,19H2,1H3,(H,40,44)/b24-18-/t21-,34+/m1/s1. The molecular weight excluding hydrogens is 673 g/mol. The summed E-state index contributed by atoms with van der Waals surface area (Å²) in [6.07, 6.45) is 11.9. The minimum Gasteiger partial charge on any atom is -0.461 e. The summed E-state index contributed by atoms with van der Waals surface area (Å²) in [5, 5.41) is 9.65. The second-order valence-corrected chi connectivity index (χ2v) is 13.5. The van der Waals surface area contributed by atoms with Crippen molar-refractivity contribution in [2.24, 2.45) is 0 Å². The smallest absolute Gasteiger partial charge is 0.319 e. The van der Waals surface area contributed by atoms with Gasteiger partial charge in [0.15, 0.2) is 5.82 Å². The van der Waals surface area contributed by atoms with Gasteiger partial charge >= 0.3 is 6.01 Å². The maximum Gasteiger partial charge on any atom is 0.319 e. The highest BCUT2D eigenvalue weighted by molar-refractivity contribution is 6.35. The lowest BCUT2D eigenvalue weighted by Gasteiger charge is -2.35. The number of benzene rings is 1. The number of H-pyrrole nitrogens is 1. The third-order valence-corrected chi connectivity index (χ3v) is 10.5. The summed E-state index contributed by atoms with van der Waals surface area (Å²) < 4.78 is 52.4. The van der Waals surface area contributed by atoms with E-state index in [1.54, 1.807) is 30.7 Å². The molecule has 16 heteroatoms. The molecule has 0 aliphatic carbocycles. The van der Waals surface area contributed by atoms with Crippen LogP contribution in [0, 0.1) is 12.7 Å². The largest absolute Gasteiger partial charge is 0.461 e. The van der Waals surface area contributed by atoms with Gasteiger partial charge in [-0.2, -0.15) is 19.5 Å². The number of alkyl halides is 1. The van der Waals surface area contributed by atoms with E-state index >= 15 is 4.39 Å². The van der Waals surface area contributed by atoms with Gasteiger partial charge in [0.2, 0.25) is 5.83 Å². The van der Waals surface area contributed by atoms with Crippen LogP contribution in [-0.2, 0) is 4.79 Å². The van der Waals surface area contributed by atoms with Crippen molar-refractivity contribution in [1.82, 2.24) is 45.4 Å². The minimum atomic E-state index is -0.944. The molecule has 1 amide bonds. The van der Waals surface area contributed by atoms with Crippen LogP contribution in [-0.4, -0.2) is 103 Å². The summed E-state index contributed by atoms with van der Waals surface area (Å²) in [5.74, 6) is -2.02. The monoisotopic (exact) mass is 706 g/mol. The molecule has 0 bridgehead atoms. The molecule has 3 fully saturated rings. The minimum absolute atomic E-state index is 0.00367. The summed E-state index contributed by atoms with van der Waals surface area (Å²) >= 11 is 6.75. The maximum atomic E-state index is 16.8. The Hall–Kier alpha value is -4.89. The Morgan fingerprint density at radius 1 is 1.16 bits per heavy atom. The van der Waals surface area contributed by atoms with Crippen molar-refractivity contribution in [3.63, 3.8) is 0 Å². The Kier molecular flexibility index (Phi) is 8.26. The van der Waals surface area contributed by atoms with E-state index in [-0.39, 0.29) is 50.0 Å². The molecule has 3 aromatic heterocycles. The number of nitrogens with one attached hydrogen (secondary N) is 2. The number of rotatable bonds is 7. The van der Waals surface area contributed by atoms with Gasteiger partial charge in [-0.3, -0.25) is 24.8 Å². The van der Waals surface area contributed by atoms with Crippen molar-refractivity contribution >= 4 is 45.1 Å². The van der Waals surface area contributed by atoms with Gasteiger partial charge in [0.05, 0.1) is 33.9 Å². The van der Waals surface area contributed by atoms with Gasteiger partial charge in [-0.05, 0) is 50.1 Å². The highest BCUT2D eigenvalue weighted by Crippen LogP contribution is 2.42. The molecule has 4 aliphatic heterocycles. The third-order valence-electron chi connectivity index (χ3n) is 9.98. The molecule has 0 radical (unpaired) electrons. The van der Waals surface area contributed by atoms with Crippen molar-refractivity contribution in [3.05, 3.63) is 71.4 Å². The Balaban J connectivity index is 1.13. The zero-order valence-corrected chi connectivity index (χ0v) is 27.9. The fourth-order valence-corrected chi connectivity index (χ4v) is 7.73. The second kappa shape index (κ2) is 12.8. The first-order valence-corrected chi connectivity index (χ1v) is 16.9. The topological polar surface area (TPSA) is 119 Å². The molecule has 7 heterocycles. The average molecular weight is 707 g/mol. The van der Waals surface area contributed by atoms with Crippen molar-refractivity contribution in [3.8, 4) is 17.3 Å². The molecule has 0 spiro atoms. The summed E-state index contributed by atoms with van der Waals surface area (Å²) in [7, 11) is 0. The predicted molar refractivity (Wildman–Crippen MR) is 182 cm³/mol. The molecule has 2 atom stereocenters. The molecule has 0 unspecified atom stereocenters. The number of aromatic amines is 1. The quantitative estimate of drug-likeness (QED) is 0.256. The fourth-order valence-electron chi connectivity index (χ4n) is 7.48. The zero-order chi connectivity index (χ0) is 34.6. The Labute approximate surface area is 290 Å². The molecule has 1 aromatic carbocycles. The number of fused-ring (bicyclic) bond motifs is 3. The number of anilines is 1. The molecule has 4 aromatic rings. The number of nitrogens with zero attached hydrogens (tertiary/aromatic N) is 8. The third kappa shape index (κ3) is 5.67. The van der Waals surface area contributed by atoms with Crippen LogP contribution < -0.4 is 15.1 Å². The number of hydrazine groups is 1. The number of ether oxygens (including phenoxy) is 1. The second-order valence-electron chi connectivity index (χ2n) is 13.1. The summed E-state index contributed by atoms with van der Waals surface area (Å²) in [5.41, 5.74) is 4.08. The number of aromatic nitrogens is 5. The molecule has 0 saturated carbocycles. The summed E-state index contributed by atoms with van der Waals surface area (Å²) in [6.45, 7) is 4.05. The number of carbonyl (C=O) groups is 1. The first-order chi connectivity index (χ1) is 24.2. The van der Waals surface area contributed by atoms with E-state index in [1.807, 2.05) is 17.9 Å². The number of amides is 1. The molecule has 12 nitrogen and oxygen atoms in total. The van der Waals surface area contributed by atoms with E-state index in [4.69, 9.17) is 21.3 Å². The van der Waals surface area contributed by atoms with Gasteiger partial charge in [-0.1, -0.05) is 11.6 Å². The van der Waals surface area contributed by atoms with Crippen molar-refractivity contribution < 1.29 is 22.7 Å². The Bertz CT molecular complexity index is 2080. The first kappa shape index (κ1) is 32.3. The van der Waals surface area contributed by atoms with E-state index in [0.717, 1.165) is 31.1 Å². The van der Waals surface area contributed by atoms with E-state index in [2.05, 4.69) is 30.5 Å². The van der Waals surface area contributed by atoms with Gasteiger partial charge in [-0.25, -0.2) is 8.78 Å². The molecule has 4 aliphatic rings. The SMILES string of the molecule is Cc1cc2[nH]ncc2c(-c2ncc3c(N4CCN(C(=O)/C(F)=C/N5C=CC=CN5)CC4)nc(OC[C@@]45CCCN4C[C@H](F)C5)nc3c2F)c1Cl. The maximum absolute atomic E-state index is 16.8. The van der Waals surface area contributed by atoms with Crippen LogP contribution in [0.15, 0.2) is 55.0 Å². The van der Waals surface area contributed by atoms with Crippen LogP contribution in [0.1, 0.15) is 24.8 Å². The van der Waals surface area contributed by atoms with E-state index in [0.29, 0.717) is 45.7 Å². The van der Waals surface area contributed by atoms with Crippen molar-refractivity contribution in [1.29, 1.82) is 0 Å². The number of piperazine rings is 1. The number of allylic oxidation sites excluding steroid dienone is 2. The van der Waals surface area contributed by atoms with Crippen LogP contribution in [0.4, 0.5) is 19.0 Å². The zero-order valence-electron chi connectivity index (χ0n) is 27.2. The van der Waals surface area contributed by atoms with Crippen molar-refractivity contribution in [2.45, 2.75) is 37.9 Å². The highest BCUT2D eigenvalue weighted by atomic mass is 35.5. The first-order valence-electron chi connectivity index (χ1n) is 16.5. The summed E-state index contributed by atoms with van der Waals surface area (Å²) in [4.78, 5) is 32.2. The number of hydrogen-bond donors (Lipinski definition) is 2. The van der Waals surface area contributed by atoms with Crippen LogP contribution in [0.3, 0.4) is 0 Å². The Morgan fingerprint density at radius 3 is 2.80 bits per heavy atom. The van der Waals surface area contributed by atoms with E-state index in [9.17, 15) is 13.6 Å². The van der Waals surface area contributed by atoms with Gasteiger partial charge in [-0.15, -0.1) is 0 Å². The van der Waals surface area contributed by atoms with Crippen molar-refractivity contribution in [2.75, 3.05) is 50.8 Å². The van der Waals surface area contributed by atoms with E-state index in [1.165, 1.54) is 16.1 Å². The molecule has 50 heavy (non-hydrogen) atoms. The normalized spacial score (nSPS) is 22.5. The number of halogens is 4. The van der Waals surface area contributed by atoms with Crippen LogP contribution in [0.25, 0.3) is 33.1 Å². The van der Waals surface area contributed by atoms with Gasteiger partial charge < -0.3 is 20.0 Å². The molecule has 3 saturated heterocycles. The lowest BCUT2D eigenvalue weighted by Crippen LogP contribution is -2.49. The van der Waals surface area contributed by atoms with Crippen LogP contribution >= 0.6 is 11.6 Å². The molecule has 2 N–H and O–H groups in total. The van der Waals surface area contributed by atoms with Gasteiger partial charge in [0, 0.05) is 68.7 Å². The predicted octanol–water partition coefficient (Wildman–Crippen LogP) is 4.93. The van der Waals surface area contributed by atoms with Crippen LogP contribution in [0.2, 0.25) is 5.02 Å². The van der Waals surface area contributed by atoms with E-state index < -0.39 is 29.3 Å². The average Bonchev–Trinajstić information content (AvgIpc) is 3.82. The Morgan fingerprint density at radius 2 is 2.00 bits per heavy atom. The number of hydrogen-bond acceptors (Lipinski definition) is 10. The lowest BCUT2D eigenvalue weighted by atomic mass is 9.95. The number of carbonyl (C=O) groups excluding carboxylic acids is 1. The molecule has 8 rings (SSSR count). The number of aryl methyl sites for hydroxylation is 1. The van der Waals surface area contributed by atoms with Gasteiger partial charge in [0.1, 0.15) is 29.8 Å². The molecular formula is C34H34ClF3N10O2. The highest BCUT2D eigenvalue weighted by Gasteiger charge is 2.49. The van der Waals surface area contributed by atoms with Gasteiger partial charge in [0.25, 0.3) is 5.91 Å². The molecule has 260 valence electrons. The summed E-state index contributed by atoms with van der Waals surface area (Å²) in [6, 6.07) is 1.78.